The maximum atomic E-state index is 5.99. The molecule has 0 spiro atoms. The number of nitrogens with two attached hydrogens (primary N) is 1. The van der Waals surface area contributed by atoms with E-state index in [0.717, 1.165) is 17.8 Å². The van der Waals surface area contributed by atoms with Gasteiger partial charge in [0.25, 0.3) is 0 Å². The van der Waals surface area contributed by atoms with Crippen LogP contribution < -0.4 is 11.1 Å². The van der Waals surface area contributed by atoms with Crippen LogP contribution in [0.2, 0.25) is 0 Å². The van der Waals surface area contributed by atoms with E-state index < -0.39 is 0 Å². The first-order chi connectivity index (χ1) is 9.19. The van der Waals surface area contributed by atoms with E-state index in [9.17, 15) is 0 Å². The largest absolute Gasteiger partial charge is 0.329 e. The molecule has 0 aromatic carbocycles. The van der Waals surface area contributed by atoms with Crippen LogP contribution in [0.5, 0.6) is 0 Å². The van der Waals surface area contributed by atoms with Crippen molar-refractivity contribution in [3.63, 3.8) is 0 Å². The molecule has 3 heteroatoms. The summed E-state index contributed by atoms with van der Waals surface area (Å²) in [5.41, 5.74) is 7.42. The molecule has 0 bridgehead atoms. The monoisotopic (exact) mass is 278 g/mol. The molecule has 1 aromatic rings. The Labute approximate surface area is 120 Å². The molecule has 2 fully saturated rings. The van der Waals surface area contributed by atoms with Crippen LogP contribution in [0.1, 0.15) is 47.0 Å². The van der Waals surface area contributed by atoms with Crippen LogP contribution >= 0.6 is 11.3 Å². The fraction of sp³-hybridized carbons (Fsp3) is 0.750. The van der Waals surface area contributed by atoms with Crippen LogP contribution in [0.15, 0.2) is 6.07 Å². The summed E-state index contributed by atoms with van der Waals surface area (Å²) in [7, 11) is 0. The summed E-state index contributed by atoms with van der Waals surface area (Å²) in [6.45, 7) is 6.28. The Hall–Kier alpha value is -0.380. The lowest BCUT2D eigenvalue weighted by atomic mass is 9.97. The highest BCUT2D eigenvalue weighted by Gasteiger charge is 2.41. The maximum Gasteiger partial charge on any atom is 0.0455 e. The van der Waals surface area contributed by atoms with Crippen LogP contribution in [-0.2, 0) is 0 Å². The van der Waals surface area contributed by atoms with Gasteiger partial charge in [-0.05, 0) is 75.5 Å². The zero-order valence-electron chi connectivity index (χ0n) is 12.1. The minimum atomic E-state index is 0.352. The molecule has 1 heterocycles. The van der Waals surface area contributed by atoms with Gasteiger partial charge in [0.1, 0.15) is 0 Å². The van der Waals surface area contributed by atoms with Crippen molar-refractivity contribution in [1.29, 1.82) is 0 Å². The van der Waals surface area contributed by atoms with Crippen molar-refractivity contribution in [2.75, 3.05) is 13.1 Å². The van der Waals surface area contributed by atoms with E-state index in [0.29, 0.717) is 12.6 Å². The molecule has 3 rings (SSSR count). The molecule has 0 radical (unpaired) electrons. The first kappa shape index (κ1) is 13.6. The first-order valence-corrected chi connectivity index (χ1v) is 8.51. The highest BCUT2D eigenvalue weighted by Crippen LogP contribution is 2.49. The third kappa shape index (κ3) is 3.21. The smallest absolute Gasteiger partial charge is 0.0455 e. The molecule has 2 aliphatic rings. The predicted molar refractivity (Wildman–Crippen MR) is 82.5 cm³/mol. The lowest BCUT2D eigenvalue weighted by Crippen LogP contribution is -2.33. The molecule has 0 saturated heterocycles. The first-order valence-electron chi connectivity index (χ1n) is 7.69. The number of thiophene rings is 1. The minimum Gasteiger partial charge on any atom is -0.329 e. The highest BCUT2D eigenvalue weighted by atomic mass is 32.1. The quantitative estimate of drug-likeness (QED) is 0.802. The van der Waals surface area contributed by atoms with Gasteiger partial charge in [-0.15, -0.1) is 11.3 Å². The summed E-state index contributed by atoms with van der Waals surface area (Å²) in [5, 5.41) is 3.76. The molecule has 1 unspecified atom stereocenters. The molecule has 2 saturated carbocycles. The average molecular weight is 278 g/mol. The van der Waals surface area contributed by atoms with Gasteiger partial charge in [-0.1, -0.05) is 0 Å². The van der Waals surface area contributed by atoms with Crippen molar-refractivity contribution < 1.29 is 0 Å². The van der Waals surface area contributed by atoms with Crippen molar-refractivity contribution in [2.45, 2.75) is 45.6 Å². The van der Waals surface area contributed by atoms with E-state index in [2.05, 4.69) is 25.2 Å². The van der Waals surface area contributed by atoms with Crippen molar-refractivity contribution >= 4 is 11.3 Å². The summed E-state index contributed by atoms with van der Waals surface area (Å²) < 4.78 is 0. The highest BCUT2D eigenvalue weighted by molar-refractivity contribution is 7.12. The number of hydrogen-bond acceptors (Lipinski definition) is 3. The van der Waals surface area contributed by atoms with E-state index in [1.54, 1.807) is 0 Å². The standard InChI is InChI=1S/C16H26N2S/c1-10-7-14(11(2)19-10)16(8-17)18-9-15(12-3-4-12)13-5-6-13/h7,12-13,15-16,18H,3-6,8-9,17H2,1-2H3. The summed E-state index contributed by atoms with van der Waals surface area (Å²) in [6.07, 6.45) is 5.86. The summed E-state index contributed by atoms with van der Waals surface area (Å²) in [6, 6.07) is 2.67. The number of hydrogen-bond donors (Lipinski definition) is 2. The van der Waals surface area contributed by atoms with Gasteiger partial charge < -0.3 is 11.1 Å². The molecular formula is C16H26N2S. The third-order valence-corrected chi connectivity index (χ3v) is 5.73. The normalized spacial score (nSPS) is 21.1. The number of nitrogens with one attached hydrogen (secondary N) is 1. The Morgan fingerprint density at radius 2 is 1.89 bits per heavy atom. The molecule has 3 N–H and O–H groups in total. The van der Waals surface area contributed by atoms with E-state index in [4.69, 9.17) is 5.73 Å². The molecule has 1 atom stereocenters. The zero-order chi connectivity index (χ0) is 13.4. The molecule has 2 nitrogen and oxygen atoms in total. The van der Waals surface area contributed by atoms with Gasteiger partial charge >= 0.3 is 0 Å². The van der Waals surface area contributed by atoms with Crippen LogP contribution in [0.3, 0.4) is 0 Å². The fourth-order valence-corrected chi connectivity index (χ4v) is 4.35. The van der Waals surface area contributed by atoms with Crippen molar-refractivity contribution in [3.05, 3.63) is 21.4 Å². The Balaban J connectivity index is 1.61. The molecule has 106 valence electrons. The zero-order valence-corrected chi connectivity index (χ0v) is 12.9. The number of aryl methyl sites for hydroxylation is 2. The number of rotatable bonds is 7. The average Bonchev–Trinajstić information content (AvgIpc) is 3.25. The molecular weight excluding hydrogens is 252 g/mol. The molecule has 19 heavy (non-hydrogen) atoms. The maximum absolute atomic E-state index is 5.99. The second-order valence-electron chi connectivity index (χ2n) is 6.40. The predicted octanol–water partition coefficient (Wildman–Crippen LogP) is 3.39. The Kier molecular flexibility index (Phi) is 3.97. The Morgan fingerprint density at radius 1 is 1.26 bits per heavy atom. The summed E-state index contributed by atoms with van der Waals surface area (Å²) in [4.78, 5) is 2.82. The van der Waals surface area contributed by atoms with Crippen LogP contribution in [-0.4, -0.2) is 13.1 Å². The van der Waals surface area contributed by atoms with Crippen LogP contribution in [0, 0.1) is 31.6 Å². The van der Waals surface area contributed by atoms with Gasteiger partial charge in [0.15, 0.2) is 0 Å². The SMILES string of the molecule is Cc1cc(C(CN)NCC(C2CC2)C2CC2)c(C)s1. The lowest BCUT2D eigenvalue weighted by molar-refractivity contribution is 0.357. The van der Waals surface area contributed by atoms with Gasteiger partial charge in [0, 0.05) is 22.3 Å². The van der Waals surface area contributed by atoms with Crippen molar-refractivity contribution in [2.24, 2.45) is 23.5 Å². The van der Waals surface area contributed by atoms with Crippen LogP contribution in [0.25, 0.3) is 0 Å². The van der Waals surface area contributed by atoms with Gasteiger partial charge in [-0.3, -0.25) is 0 Å². The summed E-state index contributed by atoms with van der Waals surface area (Å²) >= 11 is 1.89. The minimum absolute atomic E-state index is 0.352. The molecule has 1 aromatic heterocycles. The van der Waals surface area contributed by atoms with Crippen molar-refractivity contribution in [3.8, 4) is 0 Å². The topological polar surface area (TPSA) is 38.0 Å². The van der Waals surface area contributed by atoms with Crippen LogP contribution in [0.4, 0.5) is 0 Å². The third-order valence-electron chi connectivity index (χ3n) is 4.75. The van der Waals surface area contributed by atoms with E-state index in [-0.39, 0.29) is 0 Å². The van der Waals surface area contributed by atoms with E-state index in [1.165, 1.54) is 47.5 Å². The Morgan fingerprint density at radius 3 is 2.32 bits per heavy atom. The van der Waals surface area contributed by atoms with Gasteiger partial charge in [-0.2, -0.15) is 0 Å². The van der Waals surface area contributed by atoms with E-state index >= 15 is 0 Å². The fourth-order valence-electron chi connectivity index (χ4n) is 3.36. The van der Waals surface area contributed by atoms with Gasteiger partial charge in [-0.25, -0.2) is 0 Å². The van der Waals surface area contributed by atoms with E-state index in [1.807, 2.05) is 11.3 Å². The summed E-state index contributed by atoms with van der Waals surface area (Å²) in [5.74, 6) is 2.96. The van der Waals surface area contributed by atoms with Crippen molar-refractivity contribution in [1.82, 2.24) is 5.32 Å². The lowest BCUT2D eigenvalue weighted by Gasteiger charge is -2.22. The van der Waals surface area contributed by atoms with Gasteiger partial charge in [0.2, 0.25) is 0 Å². The Bertz CT molecular complexity index is 420. The van der Waals surface area contributed by atoms with Gasteiger partial charge in [0.05, 0.1) is 0 Å². The molecule has 0 aliphatic heterocycles. The molecule has 2 aliphatic carbocycles. The second-order valence-corrected chi connectivity index (χ2v) is 7.86. The second kappa shape index (κ2) is 5.55. The molecule has 0 amide bonds.